The molecular formula is C17H31Cl3N4O. The fourth-order valence-electron chi connectivity index (χ4n) is 2.58. The molecule has 3 N–H and O–H groups in total. The molecule has 0 spiro atoms. The van der Waals surface area contributed by atoms with Gasteiger partial charge < -0.3 is 16.0 Å². The van der Waals surface area contributed by atoms with Gasteiger partial charge in [0.2, 0.25) is 5.91 Å². The third-order valence-electron chi connectivity index (χ3n) is 4.12. The van der Waals surface area contributed by atoms with Gasteiger partial charge in [-0.3, -0.25) is 9.69 Å². The van der Waals surface area contributed by atoms with Gasteiger partial charge in [0.25, 0.3) is 0 Å². The molecule has 8 heteroatoms. The minimum Gasteiger partial charge on any atom is -0.352 e. The van der Waals surface area contributed by atoms with Crippen molar-refractivity contribution in [2.75, 3.05) is 39.8 Å². The summed E-state index contributed by atoms with van der Waals surface area (Å²) in [6.07, 6.45) is 1.26. The van der Waals surface area contributed by atoms with Gasteiger partial charge in [-0.05, 0) is 31.1 Å². The van der Waals surface area contributed by atoms with Crippen LogP contribution >= 0.6 is 37.2 Å². The summed E-state index contributed by atoms with van der Waals surface area (Å²) in [6, 6.07) is 8.54. The highest BCUT2D eigenvalue weighted by atomic mass is 35.5. The van der Waals surface area contributed by atoms with Crippen molar-refractivity contribution in [2.45, 2.75) is 25.9 Å². The van der Waals surface area contributed by atoms with Crippen LogP contribution in [-0.4, -0.2) is 55.5 Å². The van der Waals surface area contributed by atoms with Crippen LogP contribution in [0.5, 0.6) is 0 Å². The monoisotopic (exact) mass is 412 g/mol. The van der Waals surface area contributed by atoms with Crippen molar-refractivity contribution in [3.8, 4) is 0 Å². The first-order chi connectivity index (χ1) is 10.7. The van der Waals surface area contributed by atoms with Crippen LogP contribution in [0.15, 0.2) is 24.3 Å². The van der Waals surface area contributed by atoms with E-state index >= 15 is 0 Å². The van der Waals surface area contributed by atoms with Crippen LogP contribution in [0.1, 0.15) is 24.0 Å². The molecule has 0 radical (unpaired) electrons. The molecule has 1 heterocycles. The van der Waals surface area contributed by atoms with Crippen molar-refractivity contribution in [2.24, 2.45) is 5.73 Å². The van der Waals surface area contributed by atoms with Gasteiger partial charge in [0, 0.05) is 45.7 Å². The maximum atomic E-state index is 11.6. The number of carbonyl (C=O) groups excluding carboxylic acids is 1. The van der Waals surface area contributed by atoms with E-state index in [1.165, 1.54) is 5.56 Å². The van der Waals surface area contributed by atoms with Gasteiger partial charge in [0.1, 0.15) is 0 Å². The van der Waals surface area contributed by atoms with Crippen molar-refractivity contribution < 1.29 is 4.79 Å². The number of hydrogen-bond acceptors (Lipinski definition) is 4. The highest BCUT2D eigenvalue weighted by molar-refractivity contribution is 5.86. The fraction of sp³-hybridized carbons (Fsp3) is 0.588. The van der Waals surface area contributed by atoms with Crippen LogP contribution in [0.3, 0.4) is 0 Å². The molecule has 0 unspecified atom stereocenters. The SMILES string of the molecule is CN1CCN(Cc2ccc(CNC(=O)CCCN)cc2)CC1.Cl.Cl.Cl. The van der Waals surface area contributed by atoms with E-state index < -0.39 is 0 Å². The number of benzene rings is 1. The van der Waals surface area contributed by atoms with Gasteiger partial charge in [0.15, 0.2) is 0 Å². The first-order valence-electron chi connectivity index (χ1n) is 8.13. The van der Waals surface area contributed by atoms with Gasteiger partial charge in [-0.15, -0.1) is 37.2 Å². The zero-order chi connectivity index (χ0) is 15.8. The Hall–Kier alpha value is -0.560. The Labute approximate surface area is 169 Å². The van der Waals surface area contributed by atoms with Gasteiger partial charge in [-0.2, -0.15) is 0 Å². The van der Waals surface area contributed by atoms with Gasteiger partial charge in [0.05, 0.1) is 0 Å². The van der Waals surface area contributed by atoms with E-state index in [0.717, 1.165) is 44.7 Å². The third kappa shape index (κ3) is 10.2. The van der Waals surface area contributed by atoms with E-state index in [-0.39, 0.29) is 43.1 Å². The first-order valence-corrected chi connectivity index (χ1v) is 8.13. The maximum Gasteiger partial charge on any atom is 0.220 e. The molecule has 0 saturated carbocycles. The molecule has 0 atom stereocenters. The van der Waals surface area contributed by atoms with E-state index in [0.29, 0.717) is 19.5 Å². The number of carbonyl (C=O) groups is 1. The number of nitrogens with two attached hydrogens (primary N) is 1. The Morgan fingerprint density at radius 3 is 2.16 bits per heavy atom. The quantitative estimate of drug-likeness (QED) is 0.718. The van der Waals surface area contributed by atoms with E-state index in [4.69, 9.17) is 5.73 Å². The molecule has 1 aliphatic heterocycles. The Morgan fingerprint density at radius 1 is 1.04 bits per heavy atom. The van der Waals surface area contributed by atoms with Crippen molar-refractivity contribution in [3.63, 3.8) is 0 Å². The second-order valence-electron chi connectivity index (χ2n) is 6.06. The molecule has 1 aromatic rings. The van der Waals surface area contributed by atoms with Gasteiger partial charge in [-0.1, -0.05) is 24.3 Å². The summed E-state index contributed by atoms with van der Waals surface area (Å²) in [5.41, 5.74) is 7.88. The average Bonchev–Trinajstić information content (AvgIpc) is 2.54. The highest BCUT2D eigenvalue weighted by Gasteiger charge is 2.13. The van der Waals surface area contributed by atoms with Crippen LogP contribution in [-0.2, 0) is 17.9 Å². The Kier molecular flexibility index (Phi) is 15.6. The van der Waals surface area contributed by atoms with E-state index in [2.05, 4.69) is 46.4 Å². The fourth-order valence-corrected chi connectivity index (χ4v) is 2.58. The summed E-state index contributed by atoms with van der Waals surface area (Å²) in [6.45, 7) is 6.73. The Bertz CT molecular complexity index is 465. The molecule has 0 aromatic heterocycles. The van der Waals surface area contributed by atoms with E-state index in [9.17, 15) is 4.79 Å². The minimum atomic E-state index is 0. The predicted molar refractivity (Wildman–Crippen MR) is 111 cm³/mol. The minimum absolute atomic E-state index is 0. The Balaban J connectivity index is 0. The lowest BCUT2D eigenvalue weighted by atomic mass is 10.1. The van der Waals surface area contributed by atoms with Crippen LogP contribution in [0.4, 0.5) is 0 Å². The number of nitrogens with zero attached hydrogens (tertiary/aromatic N) is 2. The molecule has 146 valence electrons. The number of amides is 1. The van der Waals surface area contributed by atoms with Crippen molar-refractivity contribution in [1.29, 1.82) is 0 Å². The zero-order valence-electron chi connectivity index (χ0n) is 14.8. The molecular weight excluding hydrogens is 383 g/mol. The van der Waals surface area contributed by atoms with Crippen molar-refractivity contribution >= 4 is 43.1 Å². The molecule has 0 aliphatic carbocycles. The highest BCUT2D eigenvalue weighted by Crippen LogP contribution is 2.09. The summed E-state index contributed by atoms with van der Waals surface area (Å²) in [5, 5.41) is 2.93. The molecule has 5 nitrogen and oxygen atoms in total. The maximum absolute atomic E-state index is 11.6. The molecule has 2 rings (SSSR count). The topological polar surface area (TPSA) is 61.6 Å². The number of likely N-dealkylation sites (N-methyl/N-ethyl adjacent to an activating group) is 1. The number of hydrogen-bond donors (Lipinski definition) is 2. The van der Waals surface area contributed by atoms with Crippen LogP contribution in [0, 0.1) is 0 Å². The van der Waals surface area contributed by atoms with E-state index in [1.54, 1.807) is 0 Å². The molecule has 1 saturated heterocycles. The standard InChI is InChI=1S/C17H28N4O.3ClH/c1-20-9-11-21(12-10-20)14-16-6-4-15(5-7-16)13-19-17(22)3-2-8-18;;;/h4-7H,2-3,8-14,18H2,1H3,(H,19,22);3*1H. The van der Waals surface area contributed by atoms with Crippen molar-refractivity contribution in [3.05, 3.63) is 35.4 Å². The molecule has 1 aromatic carbocycles. The van der Waals surface area contributed by atoms with Gasteiger partial charge >= 0.3 is 0 Å². The predicted octanol–water partition coefficient (Wildman–Crippen LogP) is 2.05. The van der Waals surface area contributed by atoms with Crippen LogP contribution in [0.2, 0.25) is 0 Å². The molecule has 1 fully saturated rings. The second kappa shape index (κ2) is 14.6. The largest absolute Gasteiger partial charge is 0.352 e. The van der Waals surface area contributed by atoms with Crippen LogP contribution in [0.25, 0.3) is 0 Å². The summed E-state index contributed by atoms with van der Waals surface area (Å²) in [4.78, 5) is 16.4. The lowest BCUT2D eigenvalue weighted by Crippen LogP contribution is -2.43. The third-order valence-corrected chi connectivity index (χ3v) is 4.12. The molecule has 0 bridgehead atoms. The molecule has 1 amide bonds. The number of piperazine rings is 1. The number of halogens is 3. The normalized spacial score (nSPS) is 14.6. The van der Waals surface area contributed by atoms with Gasteiger partial charge in [-0.25, -0.2) is 0 Å². The summed E-state index contributed by atoms with van der Waals surface area (Å²) in [7, 11) is 2.17. The second-order valence-corrected chi connectivity index (χ2v) is 6.06. The smallest absolute Gasteiger partial charge is 0.220 e. The number of rotatable bonds is 7. The van der Waals surface area contributed by atoms with Crippen LogP contribution < -0.4 is 11.1 Å². The number of nitrogens with one attached hydrogen (secondary N) is 1. The lowest BCUT2D eigenvalue weighted by molar-refractivity contribution is -0.121. The van der Waals surface area contributed by atoms with Crippen molar-refractivity contribution in [1.82, 2.24) is 15.1 Å². The lowest BCUT2D eigenvalue weighted by Gasteiger charge is -2.32. The average molecular weight is 414 g/mol. The zero-order valence-corrected chi connectivity index (χ0v) is 17.2. The summed E-state index contributed by atoms with van der Waals surface area (Å²) >= 11 is 0. The summed E-state index contributed by atoms with van der Waals surface area (Å²) < 4.78 is 0. The molecule has 1 aliphatic rings. The Morgan fingerprint density at radius 2 is 1.60 bits per heavy atom. The van der Waals surface area contributed by atoms with E-state index in [1.807, 2.05) is 0 Å². The molecule has 25 heavy (non-hydrogen) atoms. The first kappa shape index (κ1) is 26.7. The summed E-state index contributed by atoms with van der Waals surface area (Å²) in [5.74, 6) is 0.0759.